The summed E-state index contributed by atoms with van der Waals surface area (Å²) in [6.45, 7) is 4.41. The molecular formula is C24H25N7O5S. The highest BCUT2D eigenvalue weighted by Gasteiger charge is 2.42. The van der Waals surface area contributed by atoms with Crippen molar-refractivity contribution < 1.29 is 23.9 Å². The van der Waals surface area contributed by atoms with Gasteiger partial charge in [0.2, 0.25) is 0 Å². The zero-order chi connectivity index (χ0) is 25.4. The molecule has 2 aromatic rings. The van der Waals surface area contributed by atoms with E-state index in [0.29, 0.717) is 85.7 Å². The van der Waals surface area contributed by atoms with Crippen LogP contribution in [0.3, 0.4) is 0 Å². The predicted octanol–water partition coefficient (Wildman–Crippen LogP) is 3.10. The van der Waals surface area contributed by atoms with Gasteiger partial charge in [-0.15, -0.1) is 11.3 Å². The lowest BCUT2D eigenvalue weighted by Crippen LogP contribution is -2.49. The van der Waals surface area contributed by atoms with Gasteiger partial charge in [-0.25, -0.2) is 14.6 Å². The van der Waals surface area contributed by atoms with Crippen molar-refractivity contribution in [2.75, 3.05) is 63.2 Å². The number of azo groups is 1. The number of hydrogen-bond acceptors (Lipinski definition) is 9. The average molecular weight is 524 g/mol. The Kier molecular flexibility index (Phi) is 6.42. The molecule has 13 heteroatoms. The van der Waals surface area contributed by atoms with Gasteiger partial charge in [0.05, 0.1) is 53.1 Å². The first-order valence-corrected chi connectivity index (χ1v) is 12.9. The van der Waals surface area contributed by atoms with Crippen LogP contribution in [0.2, 0.25) is 0 Å². The second kappa shape index (κ2) is 10.0. The Morgan fingerprint density at radius 2 is 1.73 bits per heavy atom. The summed E-state index contributed by atoms with van der Waals surface area (Å²) in [5.41, 5.74) is 5.32. The number of anilines is 2. The predicted molar refractivity (Wildman–Crippen MR) is 136 cm³/mol. The Balaban J connectivity index is 1.20. The molecule has 1 aromatic carbocycles. The SMILES string of the molecule is O=C(Nc1cccc2c1C(=O)C1=C(c3ccc(NC(=O)N4CCOCC4)s3)N=NC12)NN1CCOCC1. The van der Waals surface area contributed by atoms with E-state index in [4.69, 9.17) is 9.47 Å². The van der Waals surface area contributed by atoms with Crippen molar-refractivity contribution in [3.8, 4) is 0 Å². The highest BCUT2D eigenvalue weighted by molar-refractivity contribution is 7.17. The third kappa shape index (κ3) is 4.62. The van der Waals surface area contributed by atoms with Crippen molar-refractivity contribution in [2.24, 2.45) is 10.2 Å². The van der Waals surface area contributed by atoms with Gasteiger partial charge in [0.15, 0.2) is 5.78 Å². The first-order valence-electron chi connectivity index (χ1n) is 12.1. The molecule has 12 nitrogen and oxygen atoms in total. The fraction of sp³-hybridized carbons (Fsp3) is 0.375. The number of morpholine rings is 2. The van der Waals surface area contributed by atoms with Gasteiger partial charge in [-0.05, 0) is 23.8 Å². The van der Waals surface area contributed by atoms with E-state index in [2.05, 4.69) is 26.3 Å². The van der Waals surface area contributed by atoms with Gasteiger partial charge in [0, 0.05) is 26.2 Å². The van der Waals surface area contributed by atoms with Crippen LogP contribution < -0.4 is 16.1 Å². The van der Waals surface area contributed by atoms with Gasteiger partial charge in [-0.1, -0.05) is 12.1 Å². The number of benzene rings is 1. The smallest absolute Gasteiger partial charge is 0.333 e. The molecular weight excluding hydrogens is 498 g/mol. The number of nitrogens with one attached hydrogen (secondary N) is 3. The van der Waals surface area contributed by atoms with E-state index in [0.717, 1.165) is 4.88 Å². The minimum Gasteiger partial charge on any atom is -0.379 e. The summed E-state index contributed by atoms with van der Waals surface area (Å²) in [6, 6.07) is 7.83. The molecule has 4 amide bonds. The number of Topliss-reactive ketones (excluding diaryl/α,β-unsaturated/α-hetero) is 1. The minimum atomic E-state index is -0.518. The van der Waals surface area contributed by atoms with Crippen molar-refractivity contribution in [3.05, 3.63) is 51.9 Å². The number of hydrazine groups is 1. The van der Waals surface area contributed by atoms with Crippen LogP contribution in [0.5, 0.6) is 0 Å². The van der Waals surface area contributed by atoms with Crippen molar-refractivity contribution in [1.29, 1.82) is 0 Å². The summed E-state index contributed by atoms with van der Waals surface area (Å²) in [5.74, 6) is -0.213. The summed E-state index contributed by atoms with van der Waals surface area (Å²) >= 11 is 1.34. The summed E-state index contributed by atoms with van der Waals surface area (Å²) in [6.07, 6.45) is 0. The highest BCUT2D eigenvalue weighted by Crippen LogP contribution is 2.50. The molecule has 1 atom stereocenters. The van der Waals surface area contributed by atoms with Crippen LogP contribution in [-0.2, 0) is 9.47 Å². The second-order valence-corrected chi connectivity index (χ2v) is 9.92. The quantitative estimate of drug-likeness (QED) is 0.563. The Bertz CT molecular complexity index is 1310. The van der Waals surface area contributed by atoms with Crippen LogP contribution in [0.4, 0.5) is 20.3 Å². The number of fused-ring (bicyclic) bond motifs is 3. The molecule has 0 radical (unpaired) electrons. The van der Waals surface area contributed by atoms with Crippen LogP contribution in [0, 0.1) is 0 Å². The molecule has 4 aliphatic rings. The first kappa shape index (κ1) is 23.7. The fourth-order valence-electron chi connectivity index (χ4n) is 4.73. The number of hydrogen-bond donors (Lipinski definition) is 3. The van der Waals surface area contributed by atoms with Crippen LogP contribution in [0.15, 0.2) is 46.1 Å². The lowest BCUT2D eigenvalue weighted by atomic mass is 10.1. The Morgan fingerprint density at radius 1 is 0.973 bits per heavy atom. The van der Waals surface area contributed by atoms with Crippen molar-refractivity contribution in [3.63, 3.8) is 0 Å². The number of nitrogens with zero attached hydrogens (tertiary/aromatic N) is 4. The van der Waals surface area contributed by atoms with Gasteiger partial charge in [-0.3, -0.25) is 15.5 Å². The fourth-order valence-corrected chi connectivity index (χ4v) is 5.63. The molecule has 1 aliphatic carbocycles. The summed E-state index contributed by atoms with van der Waals surface area (Å²) < 4.78 is 10.6. The molecule has 3 aliphatic heterocycles. The van der Waals surface area contributed by atoms with Crippen molar-refractivity contribution >= 4 is 45.6 Å². The van der Waals surface area contributed by atoms with E-state index >= 15 is 0 Å². The maximum Gasteiger partial charge on any atom is 0.333 e. The van der Waals surface area contributed by atoms with Crippen LogP contribution >= 0.6 is 11.3 Å². The summed E-state index contributed by atoms with van der Waals surface area (Å²) in [5, 5.41) is 16.9. The summed E-state index contributed by atoms with van der Waals surface area (Å²) in [7, 11) is 0. The van der Waals surface area contributed by atoms with E-state index < -0.39 is 12.1 Å². The molecule has 3 N–H and O–H groups in total. The maximum absolute atomic E-state index is 13.6. The summed E-state index contributed by atoms with van der Waals surface area (Å²) in [4.78, 5) is 41.2. The van der Waals surface area contributed by atoms with Crippen molar-refractivity contribution in [1.82, 2.24) is 15.3 Å². The van der Waals surface area contributed by atoms with Gasteiger partial charge in [-0.2, -0.15) is 10.2 Å². The number of carbonyl (C=O) groups is 3. The van der Waals surface area contributed by atoms with Gasteiger partial charge in [0.25, 0.3) is 0 Å². The lowest BCUT2D eigenvalue weighted by molar-refractivity contribution is 0.0207. The molecule has 0 bridgehead atoms. The molecule has 2 fully saturated rings. The molecule has 192 valence electrons. The molecule has 6 rings (SSSR count). The first-order chi connectivity index (χ1) is 18.1. The van der Waals surface area contributed by atoms with Crippen LogP contribution in [0.25, 0.3) is 5.70 Å². The normalized spacial score (nSPS) is 21.1. The molecule has 37 heavy (non-hydrogen) atoms. The molecule has 4 heterocycles. The number of ether oxygens (including phenoxy) is 2. The van der Waals surface area contributed by atoms with Gasteiger partial charge < -0.3 is 19.7 Å². The largest absolute Gasteiger partial charge is 0.379 e. The van der Waals surface area contributed by atoms with E-state index in [1.165, 1.54) is 11.3 Å². The van der Waals surface area contributed by atoms with Crippen LogP contribution in [0.1, 0.15) is 26.8 Å². The highest BCUT2D eigenvalue weighted by atomic mass is 32.1. The van der Waals surface area contributed by atoms with Crippen molar-refractivity contribution in [2.45, 2.75) is 6.04 Å². The number of rotatable bonds is 4. The Hall–Kier alpha value is -3.65. The lowest BCUT2D eigenvalue weighted by Gasteiger charge is -2.27. The van der Waals surface area contributed by atoms with E-state index in [1.807, 2.05) is 12.1 Å². The zero-order valence-electron chi connectivity index (χ0n) is 19.9. The number of thiophene rings is 1. The Labute approximate surface area is 216 Å². The second-order valence-electron chi connectivity index (χ2n) is 8.84. The molecule has 0 spiro atoms. The third-order valence-electron chi connectivity index (χ3n) is 6.55. The zero-order valence-corrected chi connectivity index (χ0v) is 20.7. The third-order valence-corrected chi connectivity index (χ3v) is 7.56. The number of carbonyl (C=O) groups excluding carboxylic acids is 3. The number of urea groups is 2. The number of amides is 4. The van der Waals surface area contributed by atoms with Gasteiger partial charge in [0.1, 0.15) is 11.7 Å². The molecule has 1 unspecified atom stereocenters. The monoisotopic (exact) mass is 523 g/mol. The molecule has 0 saturated carbocycles. The van der Waals surface area contributed by atoms with E-state index in [-0.39, 0.29) is 11.8 Å². The topological polar surface area (TPSA) is 137 Å². The van der Waals surface area contributed by atoms with E-state index in [1.54, 1.807) is 28.1 Å². The van der Waals surface area contributed by atoms with Gasteiger partial charge >= 0.3 is 12.1 Å². The maximum atomic E-state index is 13.6. The number of ketones is 1. The Morgan fingerprint density at radius 3 is 2.51 bits per heavy atom. The standard InChI is InChI=1S/C24H25N7O5S/c32-22-18-14(2-1-3-15(18)25-23(33)29-31-8-12-36-13-9-31)20-19(22)21(28-27-20)16-4-5-17(37-16)26-24(34)30-6-10-35-11-7-30/h1-5,20H,6-13H2,(H,26,34)(H2,25,29,33). The molecule has 2 saturated heterocycles. The minimum absolute atomic E-state index is 0.185. The molecule has 1 aromatic heterocycles. The van der Waals surface area contributed by atoms with E-state index in [9.17, 15) is 14.4 Å². The average Bonchev–Trinajstić information content (AvgIpc) is 3.62. The van der Waals surface area contributed by atoms with Crippen LogP contribution in [-0.4, -0.2) is 80.4 Å².